The monoisotopic (exact) mass is 370 g/mol. The number of pyridine rings is 1. The zero-order chi connectivity index (χ0) is 19.1. The molecule has 2 aliphatic rings. The molecule has 138 valence electrons. The van der Waals surface area contributed by atoms with Gasteiger partial charge in [0.15, 0.2) is 0 Å². The number of piperidine rings is 1. The fourth-order valence-electron chi connectivity index (χ4n) is 3.77. The van der Waals surface area contributed by atoms with Gasteiger partial charge in [-0.2, -0.15) is 5.26 Å². The average molecular weight is 370 g/mol. The van der Waals surface area contributed by atoms with Gasteiger partial charge in [-0.25, -0.2) is 8.78 Å². The Morgan fingerprint density at radius 1 is 1.33 bits per heavy atom. The van der Waals surface area contributed by atoms with Crippen molar-refractivity contribution < 1.29 is 18.4 Å². The molecule has 1 saturated heterocycles. The second-order valence-corrected chi connectivity index (χ2v) is 6.86. The summed E-state index contributed by atoms with van der Waals surface area (Å²) in [5.41, 5.74) is 0.381. The van der Waals surface area contributed by atoms with Gasteiger partial charge in [-0.3, -0.25) is 14.6 Å². The number of benzene rings is 1. The van der Waals surface area contributed by atoms with Crippen molar-refractivity contribution in [1.82, 2.24) is 15.2 Å². The number of likely N-dealkylation sites (tertiary alicyclic amines) is 1. The highest BCUT2D eigenvalue weighted by Crippen LogP contribution is 2.47. The quantitative estimate of drug-likeness (QED) is 0.896. The van der Waals surface area contributed by atoms with E-state index in [4.69, 9.17) is 5.26 Å². The van der Waals surface area contributed by atoms with E-state index in [0.717, 1.165) is 6.42 Å². The van der Waals surface area contributed by atoms with Crippen LogP contribution in [0.3, 0.4) is 0 Å². The summed E-state index contributed by atoms with van der Waals surface area (Å²) in [6, 6.07) is 7.25. The Kier molecular flexibility index (Phi) is 4.22. The topological polar surface area (TPSA) is 86.1 Å². The fourth-order valence-corrected chi connectivity index (χ4v) is 3.77. The van der Waals surface area contributed by atoms with E-state index < -0.39 is 18.4 Å². The molecule has 27 heavy (non-hydrogen) atoms. The SMILES string of the molecule is N#C[C@@H]1C[C@@H]2C[C@@H]2N1C(=O)CNC(=O)c1ccnc2cc(C(F)F)ccc12. The summed E-state index contributed by atoms with van der Waals surface area (Å²) >= 11 is 0. The van der Waals surface area contributed by atoms with Crippen molar-refractivity contribution in [1.29, 1.82) is 5.26 Å². The van der Waals surface area contributed by atoms with Crippen LogP contribution in [0, 0.1) is 17.2 Å². The molecule has 0 radical (unpaired) electrons. The number of rotatable bonds is 4. The van der Waals surface area contributed by atoms with Gasteiger partial charge in [0.25, 0.3) is 12.3 Å². The third kappa shape index (κ3) is 3.10. The Balaban J connectivity index is 1.48. The maximum atomic E-state index is 12.8. The molecular weight excluding hydrogens is 354 g/mol. The van der Waals surface area contributed by atoms with Gasteiger partial charge in [-0.1, -0.05) is 12.1 Å². The number of nitrogens with one attached hydrogen (secondary N) is 1. The molecule has 2 fully saturated rings. The van der Waals surface area contributed by atoms with E-state index in [-0.39, 0.29) is 35.1 Å². The Morgan fingerprint density at radius 2 is 2.15 bits per heavy atom. The first-order valence-corrected chi connectivity index (χ1v) is 8.65. The summed E-state index contributed by atoms with van der Waals surface area (Å²) < 4.78 is 25.7. The van der Waals surface area contributed by atoms with Crippen LogP contribution in [0.25, 0.3) is 10.9 Å². The molecule has 4 rings (SSSR count). The van der Waals surface area contributed by atoms with Crippen LogP contribution < -0.4 is 5.32 Å². The maximum absolute atomic E-state index is 12.8. The number of carbonyl (C=O) groups excluding carboxylic acids is 2. The molecule has 2 aromatic rings. The second kappa shape index (κ2) is 6.58. The van der Waals surface area contributed by atoms with E-state index in [1.807, 2.05) is 0 Å². The van der Waals surface area contributed by atoms with Crippen molar-refractivity contribution in [3.05, 3.63) is 41.6 Å². The van der Waals surface area contributed by atoms with Crippen molar-refractivity contribution >= 4 is 22.7 Å². The highest BCUT2D eigenvalue weighted by Gasteiger charge is 2.53. The number of nitriles is 1. The van der Waals surface area contributed by atoms with Crippen LogP contribution in [0.15, 0.2) is 30.5 Å². The van der Waals surface area contributed by atoms with Crippen LogP contribution in [0.5, 0.6) is 0 Å². The van der Waals surface area contributed by atoms with Crippen LogP contribution in [0.2, 0.25) is 0 Å². The van der Waals surface area contributed by atoms with Crippen LogP contribution in [-0.4, -0.2) is 40.3 Å². The van der Waals surface area contributed by atoms with Gasteiger partial charge in [-0.15, -0.1) is 0 Å². The van der Waals surface area contributed by atoms with E-state index in [9.17, 15) is 18.4 Å². The largest absolute Gasteiger partial charge is 0.343 e. The lowest BCUT2D eigenvalue weighted by molar-refractivity contribution is -0.131. The van der Waals surface area contributed by atoms with Crippen LogP contribution in [0.4, 0.5) is 8.78 Å². The Labute approximate surface area is 153 Å². The third-order valence-corrected chi connectivity index (χ3v) is 5.20. The minimum Gasteiger partial charge on any atom is -0.343 e. The molecule has 1 aromatic heterocycles. The average Bonchev–Trinajstić information content (AvgIpc) is 3.34. The van der Waals surface area contributed by atoms with Crippen molar-refractivity contribution in [3.8, 4) is 6.07 Å². The van der Waals surface area contributed by atoms with Crippen LogP contribution in [-0.2, 0) is 4.79 Å². The number of halogens is 2. The van der Waals surface area contributed by atoms with Crippen LogP contribution in [0.1, 0.15) is 35.2 Å². The summed E-state index contributed by atoms with van der Waals surface area (Å²) in [7, 11) is 0. The predicted molar refractivity (Wildman–Crippen MR) is 91.8 cm³/mol. The van der Waals surface area contributed by atoms with E-state index in [1.54, 1.807) is 4.90 Å². The molecule has 2 heterocycles. The van der Waals surface area contributed by atoms with E-state index in [2.05, 4.69) is 16.4 Å². The molecule has 2 amide bonds. The zero-order valence-electron chi connectivity index (χ0n) is 14.2. The standard InChI is InChI=1S/C19H16F2N4O2/c20-18(21)10-1-2-13-14(3-4-23-15(13)6-10)19(27)24-9-17(26)25-12(8-22)5-11-7-16(11)25/h1-4,6,11-12,16,18H,5,7,9H2,(H,24,27)/t11-,12+,16+/m1/s1. The van der Waals surface area contributed by atoms with Crippen molar-refractivity contribution in [2.45, 2.75) is 31.4 Å². The number of hydrogen-bond donors (Lipinski definition) is 1. The summed E-state index contributed by atoms with van der Waals surface area (Å²) in [5.74, 6) is -0.360. The first kappa shape index (κ1) is 17.3. The molecule has 1 aromatic carbocycles. The molecule has 0 spiro atoms. The van der Waals surface area contributed by atoms with Crippen LogP contribution >= 0.6 is 0 Å². The number of amides is 2. The lowest BCUT2D eigenvalue weighted by atomic mass is 10.1. The van der Waals surface area contributed by atoms with Gasteiger partial charge in [0.1, 0.15) is 6.04 Å². The van der Waals surface area contributed by atoms with Crippen molar-refractivity contribution in [2.75, 3.05) is 6.54 Å². The lowest BCUT2D eigenvalue weighted by Gasteiger charge is -2.22. The normalized spacial score (nSPS) is 23.2. The Morgan fingerprint density at radius 3 is 2.89 bits per heavy atom. The Bertz CT molecular complexity index is 972. The van der Waals surface area contributed by atoms with Gasteiger partial charge >= 0.3 is 0 Å². The highest BCUT2D eigenvalue weighted by atomic mass is 19.3. The van der Waals surface area contributed by atoms with Gasteiger partial charge in [0.2, 0.25) is 5.91 Å². The number of hydrogen-bond acceptors (Lipinski definition) is 4. The third-order valence-electron chi connectivity index (χ3n) is 5.20. The molecule has 6 nitrogen and oxygen atoms in total. The van der Waals surface area contributed by atoms with Crippen molar-refractivity contribution in [3.63, 3.8) is 0 Å². The predicted octanol–water partition coefficient (Wildman–Crippen LogP) is 2.42. The van der Waals surface area contributed by atoms with E-state index in [0.29, 0.717) is 17.7 Å². The van der Waals surface area contributed by atoms with E-state index >= 15 is 0 Å². The number of aromatic nitrogens is 1. The number of carbonyl (C=O) groups is 2. The summed E-state index contributed by atoms with van der Waals surface area (Å²) in [6.07, 6.45) is 0.364. The van der Waals surface area contributed by atoms with Gasteiger partial charge in [0.05, 0.1) is 23.7 Å². The smallest absolute Gasteiger partial charge is 0.263 e. The Hall–Kier alpha value is -3.08. The molecule has 1 aliphatic carbocycles. The molecule has 1 N–H and O–H groups in total. The molecule has 1 aliphatic heterocycles. The molecule has 3 atom stereocenters. The van der Waals surface area contributed by atoms with Gasteiger partial charge in [-0.05, 0) is 30.9 Å². The number of nitrogens with zero attached hydrogens (tertiary/aromatic N) is 3. The molecular formula is C19H16F2N4O2. The maximum Gasteiger partial charge on any atom is 0.263 e. The minimum absolute atomic E-state index is 0.119. The molecule has 1 saturated carbocycles. The molecule has 8 heteroatoms. The first-order valence-electron chi connectivity index (χ1n) is 8.65. The summed E-state index contributed by atoms with van der Waals surface area (Å²) in [4.78, 5) is 30.6. The minimum atomic E-state index is -2.62. The number of alkyl halides is 2. The molecule has 0 bridgehead atoms. The first-order chi connectivity index (χ1) is 13.0. The lowest BCUT2D eigenvalue weighted by Crippen LogP contribution is -2.44. The summed E-state index contributed by atoms with van der Waals surface area (Å²) in [5, 5.41) is 12.2. The fraction of sp³-hybridized carbons (Fsp3) is 0.368. The number of fused-ring (bicyclic) bond motifs is 2. The second-order valence-electron chi connectivity index (χ2n) is 6.86. The summed E-state index contributed by atoms with van der Waals surface area (Å²) in [6.45, 7) is -0.209. The van der Waals surface area contributed by atoms with Gasteiger partial charge in [0, 0.05) is 23.2 Å². The molecule has 0 unspecified atom stereocenters. The zero-order valence-corrected chi connectivity index (χ0v) is 14.2. The van der Waals surface area contributed by atoms with Crippen molar-refractivity contribution in [2.24, 2.45) is 5.92 Å². The highest BCUT2D eigenvalue weighted by molar-refractivity contribution is 6.07. The van der Waals surface area contributed by atoms with E-state index in [1.165, 1.54) is 30.5 Å². The van der Waals surface area contributed by atoms with Gasteiger partial charge < -0.3 is 10.2 Å².